The molecule has 1 unspecified atom stereocenters. The SMILES string of the molecule is CCN1CCC(CNCc2cn[nH]c2-c2cccnc2)C1. The van der Waals surface area contributed by atoms with Gasteiger partial charge >= 0.3 is 0 Å². The second-order valence-corrected chi connectivity index (χ2v) is 5.69. The van der Waals surface area contributed by atoms with Crippen molar-refractivity contribution in [3.05, 3.63) is 36.3 Å². The predicted octanol–water partition coefficient (Wildman–Crippen LogP) is 1.90. The molecule has 2 N–H and O–H groups in total. The van der Waals surface area contributed by atoms with Gasteiger partial charge in [-0.15, -0.1) is 0 Å². The van der Waals surface area contributed by atoms with Gasteiger partial charge in [-0.25, -0.2) is 0 Å². The third-order valence-electron chi connectivity index (χ3n) is 4.23. The zero-order chi connectivity index (χ0) is 14.5. The Labute approximate surface area is 125 Å². The number of nitrogens with one attached hydrogen (secondary N) is 2. The van der Waals surface area contributed by atoms with Crippen LogP contribution in [0.3, 0.4) is 0 Å². The van der Waals surface area contributed by atoms with Crippen LogP contribution in [-0.2, 0) is 6.54 Å². The minimum atomic E-state index is 0.777. The summed E-state index contributed by atoms with van der Waals surface area (Å²) in [5, 5.41) is 10.8. The molecule has 2 aromatic heterocycles. The molecule has 0 amide bonds. The molecule has 1 saturated heterocycles. The number of hydrogen-bond acceptors (Lipinski definition) is 4. The van der Waals surface area contributed by atoms with E-state index in [9.17, 15) is 0 Å². The predicted molar refractivity (Wildman–Crippen MR) is 83.7 cm³/mol. The number of rotatable bonds is 6. The van der Waals surface area contributed by atoms with Gasteiger partial charge in [-0.3, -0.25) is 10.1 Å². The Hall–Kier alpha value is -1.72. The van der Waals surface area contributed by atoms with Crippen molar-refractivity contribution in [2.75, 3.05) is 26.2 Å². The van der Waals surface area contributed by atoms with Crippen LogP contribution < -0.4 is 5.32 Å². The van der Waals surface area contributed by atoms with Gasteiger partial charge in [-0.2, -0.15) is 5.10 Å². The molecular formula is C16H23N5. The Balaban J connectivity index is 1.54. The van der Waals surface area contributed by atoms with Crippen LogP contribution >= 0.6 is 0 Å². The van der Waals surface area contributed by atoms with Crippen LogP contribution in [0.25, 0.3) is 11.3 Å². The van der Waals surface area contributed by atoms with E-state index in [0.29, 0.717) is 0 Å². The molecule has 1 aliphatic heterocycles. The lowest BCUT2D eigenvalue weighted by Gasteiger charge is -2.13. The third-order valence-corrected chi connectivity index (χ3v) is 4.23. The number of likely N-dealkylation sites (tertiary alicyclic amines) is 1. The standard InChI is InChI=1S/C16H23N5/c1-2-21-7-5-13(12-21)8-18-10-15-11-19-20-16(15)14-4-3-6-17-9-14/h3-4,6,9,11,13,18H,2,5,7-8,10,12H2,1H3,(H,19,20). The van der Waals surface area contributed by atoms with Crippen molar-refractivity contribution in [2.45, 2.75) is 19.9 Å². The summed E-state index contributed by atoms with van der Waals surface area (Å²) in [6.45, 7) is 7.81. The average molecular weight is 285 g/mol. The number of hydrogen-bond donors (Lipinski definition) is 2. The molecule has 0 aromatic carbocycles. The Kier molecular flexibility index (Phi) is 4.62. The lowest BCUT2D eigenvalue weighted by atomic mass is 10.1. The highest BCUT2D eigenvalue weighted by Crippen LogP contribution is 2.20. The van der Waals surface area contributed by atoms with Gasteiger partial charge in [0, 0.05) is 36.6 Å². The molecule has 21 heavy (non-hydrogen) atoms. The quantitative estimate of drug-likeness (QED) is 0.851. The van der Waals surface area contributed by atoms with Gasteiger partial charge in [-0.1, -0.05) is 6.92 Å². The molecule has 5 heteroatoms. The maximum Gasteiger partial charge on any atom is 0.0710 e. The molecule has 0 saturated carbocycles. The summed E-state index contributed by atoms with van der Waals surface area (Å²) in [5.74, 6) is 0.777. The summed E-state index contributed by atoms with van der Waals surface area (Å²) in [6.07, 6.45) is 6.87. The lowest BCUT2D eigenvalue weighted by molar-refractivity contribution is 0.339. The van der Waals surface area contributed by atoms with Crippen LogP contribution in [0.4, 0.5) is 0 Å². The maximum atomic E-state index is 4.17. The Bertz CT molecular complexity index is 551. The van der Waals surface area contributed by atoms with Crippen LogP contribution in [0, 0.1) is 5.92 Å². The number of H-pyrrole nitrogens is 1. The van der Waals surface area contributed by atoms with Gasteiger partial charge in [0.2, 0.25) is 0 Å². The first-order valence-electron chi connectivity index (χ1n) is 7.72. The summed E-state index contributed by atoms with van der Waals surface area (Å²) >= 11 is 0. The van der Waals surface area contributed by atoms with Crippen molar-refractivity contribution in [1.29, 1.82) is 0 Å². The second-order valence-electron chi connectivity index (χ2n) is 5.69. The maximum absolute atomic E-state index is 4.17. The fraction of sp³-hybridized carbons (Fsp3) is 0.500. The second kappa shape index (κ2) is 6.83. The first kappa shape index (κ1) is 14.2. The van der Waals surface area contributed by atoms with Crippen molar-refractivity contribution >= 4 is 0 Å². The van der Waals surface area contributed by atoms with Crippen LogP contribution in [0.2, 0.25) is 0 Å². The number of nitrogens with zero attached hydrogens (tertiary/aromatic N) is 3. The Morgan fingerprint density at radius 2 is 2.38 bits per heavy atom. The van der Waals surface area contributed by atoms with Gasteiger partial charge in [0.15, 0.2) is 0 Å². The van der Waals surface area contributed by atoms with E-state index in [0.717, 1.165) is 30.3 Å². The largest absolute Gasteiger partial charge is 0.312 e. The van der Waals surface area contributed by atoms with E-state index in [1.807, 2.05) is 18.5 Å². The van der Waals surface area contributed by atoms with E-state index in [4.69, 9.17) is 0 Å². The van der Waals surface area contributed by atoms with Crippen molar-refractivity contribution in [2.24, 2.45) is 5.92 Å². The van der Waals surface area contributed by atoms with Gasteiger partial charge in [0.25, 0.3) is 0 Å². The Morgan fingerprint density at radius 1 is 1.43 bits per heavy atom. The minimum Gasteiger partial charge on any atom is -0.312 e. The molecule has 112 valence electrons. The van der Waals surface area contributed by atoms with Crippen LogP contribution in [-0.4, -0.2) is 46.3 Å². The summed E-state index contributed by atoms with van der Waals surface area (Å²) in [7, 11) is 0. The molecule has 0 bridgehead atoms. The normalized spacial score (nSPS) is 19.2. The van der Waals surface area contributed by atoms with Crippen molar-refractivity contribution in [3.63, 3.8) is 0 Å². The number of pyridine rings is 1. The number of aromatic amines is 1. The van der Waals surface area contributed by atoms with Crippen LogP contribution in [0.5, 0.6) is 0 Å². The first-order chi connectivity index (χ1) is 10.4. The summed E-state index contributed by atoms with van der Waals surface area (Å²) in [6, 6.07) is 4.01. The lowest BCUT2D eigenvalue weighted by Crippen LogP contribution is -2.26. The summed E-state index contributed by atoms with van der Waals surface area (Å²) < 4.78 is 0. The molecule has 0 radical (unpaired) electrons. The zero-order valence-electron chi connectivity index (χ0n) is 12.5. The molecule has 0 aliphatic carbocycles. The molecule has 1 fully saturated rings. The fourth-order valence-corrected chi connectivity index (χ4v) is 2.98. The molecule has 0 spiro atoms. The van der Waals surface area contributed by atoms with E-state index >= 15 is 0 Å². The average Bonchev–Trinajstić information content (AvgIpc) is 3.17. The molecule has 1 atom stereocenters. The highest BCUT2D eigenvalue weighted by molar-refractivity contribution is 5.61. The highest BCUT2D eigenvalue weighted by atomic mass is 15.1. The van der Waals surface area contributed by atoms with Gasteiger partial charge in [0.1, 0.15) is 0 Å². The van der Waals surface area contributed by atoms with Gasteiger partial charge in [-0.05, 0) is 44.1 Å². The van der Waals surface area contributed by atoms with Crippen molar-refractivity contribution in [3.8, 4) is 11.3 Å². The topological polar surface area (TPSA) is 56.8 Å². The van der Waals surface area contributed by atoms with E-state index in [1.54, 1.807) is 6.20 Å². The van der Waals surface area contributed by atoms with Crippen molar-refractivity contribution in [1.82, 2.24) is 25.4 Å². The van der Waals surface area contributed by atoms with Crippen LogP contribution in [0.1, 0.15) is 18.9 Å². The monoisotopic (exact) mass is 285 g/mol. The van der Waals surface area contributed by atoms with Gasteiger partial charge < -0.3 is 10.2 Å². The molecular weight excluding hydrogens is 262 g/mol. The molecule has 1 aliphatic rings. The molecule has 3 heterocycles. The van der Waals surface area contributed by atoms with E-state index in [1.165, 1.54) is 31.6 Å². The Morgan fingerprint density at radius 3 is 3.14 bits per heavy atom. The number of aromatic nitrogens is 3. The highest BCUT2D eigenvalue weighted by Gasteiger charge is 2.20. The minimum absolute atomic E-state index is 0.777. The van der Waals surface area contributed by atoms with Crippen LogP contribution in [0.15, 0.2) is 30.7 Å². The molecule has 2 aromatic rings. The van der Waals surface area contributed by atoms with Crippen molar-refractivity contribution < 1.29 is 0 Å². The van der Waals surface area contributed by atoms with E-state index in [-0.39, 0.29) is 0 Å². The zero-order valence-corrected chi connectivity index (χ0v) is 12.5. The summed E-state index contributed by atoms with van der Waals surface area (Å²) in [5.41, 5.74) is 3.36. The van der Waals surface area contributed by atoms with E-state index in [2.05, 4.69) is 38.4 Å². The van der Waals surface area contributed by atoms with E-state index < -0.39 is 0 Å². The smallest absolute Gasteiger partial charge is 0.0710 e. The fourth-order valence-electron chi connectivity index (χ4n) is 2.98. The summed E-state index contributed by atoms with van der Waals surface area (Å²) in [4.78, 5) is 6.69. The third kappa shape index (κ3) is 3.49. The molecule has 5 nitrogen and oxygen atoms in total. The first-order valence-corrected chi connectivity index (χ1v) is 7.72. The van der Waals surface area contributed by atoms with Gasteiger partial charge in [0.05, 0.1) is 11.9 Å². The molecule has 3 rings (SSSR count).